The molecular formula is C28H21BN2O3. The lowest BCUT2D eigenvalue weighted by Gasteiger charge is -2.33. The molecule has 4 aromatic rings. The van der Waals surface area contributed by atoms with Crippen LogP contribution in [0.25, 0.3) is 11.3 Å². The molecule has 0 radical (unpaired) electrons. The van der Waals surface area contributed by atoms with Crippen molar-refractivity contribution in [1.82, 2.24) is 4.98 Å². The predicted octanol–water partition coefficient (Wildman–Crippen LogP) is 4.03. The Kier molecular flexibility index (Phi) is 3.98. The van der Waals surface area contributed by atoms with E-state index in [-0.39, 0.29) is 12.3 Å². The van der Waals surface area contributed by atoms with Gasteiger partial charge in [0.1, 0.15) is 34.3 Å². The van der Waals surface area contributed by atoms with Crippen molar-refractivity contribution in [1.29, 1.82) is 0 Å². The Morgan fingerprint density at radius 1 is 0.735 bits per heavy atom. The Morgan fingerprint density at radius 3 is 1.97 bits per heavy atom. The molecule has 7 rings (SSSR count). The van der Waals surface area contributed by atoms with E-state index in [0.29, 0.717) is 12.4 Å². The first-order valence-electron chi connectivity index (χ1n) is 11.5. The zero-order valence-electron chi connectivity index (χ0n) is 18.9. The van der Waals surface area contributed by atoms with E-state index in [9.17, 15) is 0 Å². The first-order valence-corrected chi connectivity index (χ1v) is 11.5. The quantitative estimate of drug-likeness (QED) is 0.379. The number of aliphatic imine (C=N–C) groups is 1. The molecule has 0 atom stereocenters. The van der Waals surface area contributed by atoms with E-state index in [2.05, 4.69) is 41.4 Å². The van der Waals surface area contributed by atoms with Crippen LogP contribution in [0.5, 0.6) is 23.0 Å². The van der Waals surface area contributed by atoms with Crippen molar-refractivity contribution >= 4 is 29.0 Å². The summed E-state index contributed by atoms with van der Waals surface area (Å²) in [6.07, 6.45) is 0. The molecular weight excluding hydrogens is 423 g/mol. The first kappa shape index (κ1) is 19.4. The lowest BCUT2D eigenvalue weighted by molar-refractivity contribution is 0.131. The van der Waals surface area contributed by atoms with Crippen molar-refractivity contribution in [2.24, 2.45) is 4.99 Å². The minimum absolute atomic E-state index is 0.0664. The molecule has 0 unspecified atom stereocenters. The highest BCUT2D eigenvalue weighted by Crippen LogP contribution is 2.37. The van der Waals surface area contributed by atoms with E-state index in [1.165, 1.54) is 0 Å². The molecule has 4 heterocycles. The summed E-state index contributed by atoms with van der Waals surface area (Å²) < 4.78 is 18.8. The SMILES string of the molecule is CC1(C)CN=C(c2cccc(-c3cc4c5c(c3)Oc3ccccc3B5c3ccccc3O4)n2)O1. The van der Waals surface area contributed by atoms with Crippen LogP contribution < -0.4 is 25.9 Å². The highest BCUT2D eigenvalue weighted by atomic mass is 16.5. The molecule has 164 valence electrons. The third kappa shape index (κ3) is 2.95. The monoisotopic (exact) mass is 444 g/mol. The zero-order valence-corrected chi connectivity index (χ0v) is 18.9. The summed E-state index contributed by atoms with van der Waals surface area (Å²) in [5, 5.41) is 0. The molecule has 3 aliphatic heterocycles. The Balaban J connectivity index is 1.37. The lowest BCUT2D eigenvalue weighted by atomic mass is 9.35. The second-order valence-electron chi connectivity index (χ2n) is 9.49. The molecule has 3 aliphatic rings. The fourth-order valence-corrected chi connectivity index (χ4v) is 4.98. The van der Waals surface area contributed by atoms with Crippen LogP contribution in [0.4, 0.5) is 0 Å². The summed E-state index contributed by atoms with van der Waals surface area (Å²) >= 11 is 0. The summed E-state index contributed by atoms with van der Waals surface area (Å²) in [6, 6.07) is 26.5. The van der Waals surface area contributed by atoms with Gasteiger partial charge in [0, 0.05) is 11.0 Å². The molecule has 1 aromatic heterocycles. The molecule has 0 aliphatic carbocycles. The van der Waals surface area contributed by atoms with E-state index in [0.717, 1.165) is 56.3 Å². The van der Waals surface area contributed by atoms with Crippen molar-refractivity contribution in [2.45, 2.75) is 19.4 Å². The summed E-state index contributed by atoms with van der Waals surface area (Å²) in [4.78, 5) is 9.42. The standard InChI is InChI=1S/C28H21BN2O3/c1-28(2)16-30-27(34-28)21-11-7-10-20(31-21)17-14-24-26-25(15-17)33-23-13-6-4-9-19(23)29(26)18-8-3-5-12-22(18)32-24/h3-15H,16H2,1-2H3. The van der Waals surface area contributed by atoms with Gasteiger partial charge in [0.05, 0.1) is 12.2 Å². The van der Waals surface area contributed by atoms with Gasteiger partial charge in [-0.05, 0) is 61.2 Å². The lowest BCUT2D eigenvalue weighted by Crippen LogP contribution is -2.57. The molecule has 34 heavy (non-hydrogen) atoms. The molecule has 0 saturated heterocycles. The van der Waals surface area contributed by atoms with Gasteiger partial charge in [0.25, 0.3) is 6.71 Å². The van der Waals surface area contributed by atoms with Crippen LogP contribution in [0.1, 0.15) is 19.5 Å². The Hall–Kier alpha value is -4.06. The second-order valence-corrected chi connectivity index (χ2v) is 9.49. The Bertz CT molecular complexity index is 1440. The van der Waals surface area contributed by atoms with E-state index in [1.807, 2.05) is 56.3 Å². The zero-order chi connectivity index (χ0) is 22.9. The average Bonchev–Trinajstić information content (AvgIpc) is 3.23. The number of nitrogens with zero attached hydrogens (tertiary/aromatic N) is 2. The van der Waals surface area contributed by atoms with Gasteiger partial charge in [-0.1, -0.05) is 42.5 Å². The number of rotatable bonds is 2. The van der Waals surface area contributed by atoms with Gasteiger partial charge >= 0.3 is 0 Å². The number of hydrogen-bond donors (Lipinski definition) is 0. The van der Waals surface area contributed by atoms with Crippen molar-refractivity contribution < 1.29 is 14.2 Å². The van der Waals surface area contributed by atoms with Gasteiger partial charge < -0.3 is 14.2 Å². The Labute approximate surface area is 198 Å². The first-order chi connectivity index (χ1) is 16.6. The van der Waals surface area contributed by atoms with Crippen LogP contribution in [0, 0.1) is 0 Å². The van der Waals surface area contributed by atoms with Crippen molar-refractivity contribution in [3.05, 3.63) is 84.6 Å². The number of benzene rings is 3. The van der Waals surface area contributed by atoms with Crippen LogP contribution in [0.15, 0.2) is 83.9 Å². The number of para-hydroxylation sites is 2. The number of ether oxygens (including phenoxy) is 3. The van der Waals surface area contributed by atoms with Crippen molar-refractivity contribution in [3.63, 3.8) is 0 Å². The van der Waals surface area contributed by atoms with Crippen molar-refractivity contribution in [3.8, 4) is 34.3 Å². The molecule has 0 N–H and O–H groups in total. The third-order valence-electron chi connectivity index (χ3n) is 6.53. The van der Waals surface area contributed by atoms with Gasteiger partial charge in [0.2, 0.25) is 5.90 Å². The molecule has 0 amide bonds. The topological polar surface area (TPSA) is 52.9 Å². The third-order valence-corrected chi connectivity index (χ3v) is 6.53. The molecule has 0 spiro atoms. The highest BCUT2D eigenvalue weighted by molar-refractivity contribution is 6.98. The molecule has 0 fully saturated rings. The maximum absolute atomic E-state index is 6.40. The van der Waals surface area contributed by atoms with E-state index in [4.69, 9.17) is 19.2 Å². The van der Waals surface area contributed by atoms with Crippen LogP contribution in [0.3, 0.4) is 0 Å². The number of fused-ring (bicyclic) bond motifs is 4. The normalized spacial score (nSPS) is 16.3. The minimum Gasteiger partial charge on any atom is -0.468 e. The maximum Gasteiger partial charge on any atom is 0.260 e. The Morgan fingerprint density at radius 2 is 1.35 bits per heavy atom. The second kappa shape index (κ2) is 6.97. The number of hydrogen-bond acceptors (Lipinski definition) is 5. The van der Waals surface area contributed by atoms with Crippen LogP contribution in [-0.4, -0.2) is 29.7 Å². The van der Waals surface area contributed by atoms with Gasteiger partial charge in [0.15, 0.2) is 0 Å². The molecule has 5 nitrogen and oxygen atoms in total. The fraction of sp³-hybridized carbons (Fsp3) is 0.143. The van der Waals surface area contributed by atoms with E-state index in [1.54, 1.807) is 0 Å². The molecule has 6 heteroatoms. The predicted molar refractivity (Wildman–Crippen MR) is 134 cm³/mol. The molecule has 3 aromatic carbocycles. The summed E-state index contributed by atoms with van der Waals surface area (Å²) in [5.41, 5.74) is 5.52. The van der Waals surface area contributed by atoms with Crippen LogP contribution in [0.2, 0.25) is 0 Å². The average molecular weight is 444 g/mol. The van der Waals surface area contributed by atoms with Gasteiger partial charge in [-0.2, -0.15) is 0 Å². The minimum atomic E-state index is -0.305. The van der Waals surface area contributed by atoms with Gasteiger partial charge in [-0.15, -0.1) is 0 Å². The summed E-state index contributed by atoms with van der Waals surface area (Å²) in [6.45, 7) is 4.75. The van der Waals surface area contributed by atoms with Gasteiger partial charge in [-0.3, -0.25) is 0 Å². The molecule has 0 bridgehead atoms. The summed E-state index contributed by atoms with van der Waals surface area (Å²) in [5.74, 6) is 3.93. The van der Waals surface area contributed by atoms with Crippen molar-refractivity contribution in [2.75, 3.05) is 6.54 Å². The number of aromatic nitrogens is 1. The van der Waals surface area contributed by atoms with Crippen LogP contribution in [-0.2, 0) is 4.74 Å². The maximum atomic E-state index is 6.40. The smallest absolute Gasteiger partial charge is 0.260 e. The van der Waals surface area contributed by atoms with E-state index < -0.39 is 0 Å². The van der Waals surface area contributed by atoms with Gasteiger partial charge in [-0.25, -0.2) is 9.98 Å². The summed E-state index contributed by atoms with van der Waals surface area (Å²) in [7, 11) is 0. The largest absolute Gasteiger partial charge is 0.468 e. The highest BCUT2D eigenvalue weighted by Gasteiger charge is 2.40. The fourth-order valence-electron chi connectivity index (χ4n) is 4.98. The van der Waals surface area contributed by atoms with Crippen LogP contribution >= 0.6 is 0 Å². The molecule has 0 saturated carbocycles. The van der Waals surface area contributed by atoms with E-state index >= 15 is 0 Å². The number of pyridine rings is 1.